The first kappa shape index (κ1) is 11.2. The lowest BCUT2D eigenvalue weighted by Crippen LogP contribution is -1.95. The van der Waals surface area contributed by atoms with Crippen molar-refractivity contribution in [2.24, 2.45) is 4.99 Å². The summed E-state index contributed by atoms with van der Waals surface area (Å²) in [6, 6.07) is 9.68. The number of rotatable bonds is 3. The van der Waals surface area contributed by atoms with Gasteiger partial charge in [-0.25, -0.2) is 4.79 Å². The van der Waals surface area contributed by atoms with Crippen LogP contribution in [-0.2, 0) is 9.53 Å². The molecule has 0 radical (unpaired) electrons. The van der Waals surface area contributed by atoms with Crippen LogP contribution in [0, 0.1) is 0 Å². The molecule has 0 spiro atoms. The maximum atomic E-state index is 10.9. The summed E-state index contributed by atoms with van der Waals surface area (Å²) in [5.41, 5.74) is 1.61. The highest BCUT2D eigenvalue weighted by Gasteiger charge is 1.93. The predicted octanol–water partition coefficient (Wildman–Crippen LogP) is 2.18. The second-order valence-corrected chi connectivity index (χ2v) is 2.98. The zero-order valence-corrected chi connectivity index (χ0v) is 8.81. The van der Waals surface area contributed by atoms with Crippen molar-refractivity contribution in [3.8, 4) is 0 Å². The van der Waals surface area contributed by atoms with Crippen LogP contribution in [0.4, 0.5) is 0 Å². The minimum Gasteiger partial charge on any atom is -0.466 e. The van der Waals surface area contributed by atoms with E-state index in [1.165, 1.54) is 13.2 Å². The first-order chi connectivity index (χ1) is 7.22. The van der Waals surface area contributed by atoms with Gasteiger partial charge in [-0.05, 0) is 12.5 Å². The van der Waals surface area contributed by atoms with Gasteiger partial charge in [-0.2, -0.15) is 0 Å². The fourth-order valence-corrected chi connectivity index (χ4v) is 0.982. The molecule has 0 aliphatic rings. The van der Waals surface area contributed by atoms with Crippen molar-refractivity contribution in [1.29, 1.82) is 0 Å². The Morgan fingerprint density at radius 1 is 1.33 bits per heavy atom. The highest BCUT2D eigenvalue weighted by atomic mass is 16.5. The molecule has 0 fully saturated rings. The van der Waals surface area contributed by atoms with Gasteiger partial charge in [0.2, 0.25) is 0 Å². The molecule has 3 nitrogen and oxygen atoms in total. The van der Waals surface area contributed by atoms with E-state index in [0.717, 1.165) is 5.56 Å². The van der Waals surface area contributed by atoms with Crippen molar-refractivity contribution in [2.75, 3.05) is 7.11 Å². The van der Waals surface area contributed by atoms with E-state index in [4.69, 9.17) is 0 Å². The number of aliphatic imine (C=N–C) groups is 1. The molecule has 0 atom stereocenters. The number of benzene rings is 1. The lowest BCUT2D eigenvalue weighted by Gasteiger charge is -1.93. The monoisotopic (exact) mass is 203 g/mol. The zero-order chi connectivity index (χ0) is 11.1. The quantitative estimate of drug-likeness (QED) is 0.429. The van der Waals surface area contributed by atoms with Crippen molar-refractivity contribution in [2.45, 2.75) is 6.92 Å². The third-order valence-corrected chi connectivity index (χ3v) is 1.74. The van der Waals surface area contributed by atoms with E-state index in [0.29, 0.717) is 5.70 Å². The Hall–Kier alpha value is -1.90. The third kappa shape index (κ3) is 4.22. The van der Waals surface area contributed by atoms with Gasteiger partial charge in [-0.1, -0.05) is 30.3 Å². The van der Waals surface area contributed by atoms with Crippen LogP contribution >= 0.6 is 0 Å². The molecule has 78 valence electrons. The van der Waals surface area contributed by atoms with E-state index in [9.17, 15) is 4.79 Å². The Labute approximate surface area is 89.1 Å². The fraction of sp³-hybridized carbons (Fsp3) is 0.167. The lowest BCUT2D eigenvalue weighted by molar-refractivity contribution is -0.134. The molecule has 0 aliphatic heterocycles. The summed E-state index contributed by atoms with van der Waals surface area (Å²) in [4.78, 5) is 15.0. The van der Waals surface area contributed by atoms with Crippen LogP contribution in [0.15, 0.2) is 47.1 Å². The Kier molecular flexibility index (Phi) is 4.29. The van der Waals surface area contributed by atoms with E-state index in [1.807, 2.05) is 30.3 Å². The van der Waals surface area contributed by atoms with Crippen LogP contribution < -0.4 is 0 Å². The normalized spacial score (nSPS) is 11.7. The molecule has 15 heavy (non-hydrogen) atoms. The van der Waals surface area contributed by atoms with Gasteiger partial charge in [0.25, 0.3) is 0 Å². The summed E-state index contributed by atoms with van der Waals surface area (Å²) in [6.45, 7) is 1.75. The number of hydrogen-bond acceptors (Lipinski definition) is 3. The zero-order valence-electron chi connectivity index (χ0n) is 8.81. The van der Waals surface area contributed by atoms with Gasteiger partial charge in [-0.15, -0.1) is 0 Å². The molecule has 0 aromatic heterocycles. The minimum absolute atomic E-state index is 0.391. The molecule has 0 heterocycles. The maximum absolute atomic E-state index is 10.9. The highest BCUT2D eigenvalue weighted by molar-refractivity contribution is 5.84. The summed E-state index contributed by atoms with van der Waals surface area (Å²) in [6.07, 6.45) is 3.05. The van der Waals surface area contributed by atoms with Crippen molar-refractivity contribution >= 4 is 12.2 Å². The second kappa shape index (κ2) is 5.75. The van der Waals surface area contributed by atoms with Crippen LogP contribution in [0.25, 0.3) is 0 Å². The number of nitrogens with zero attached hydrogens (tertiary/aromatic N) is 1. The van der Waals surface area contributed by atoms with E-state index in [2.05, 4.69) is 9.73 Å². The van der Waals surface area contributed by atoms with Gasteiger partial charge in [0, 0.05) is 18.0 Å². The van der Waals surface area contributed by atoms with E-state index >= 15 is 0 Å². The molecule has 0 saturated carbocycles. The first-order valence-corrected chi connectivity index (χ1v) is 4.58. The van der Waals surface area contributed by atoms with E-state index in [1.54, 1.807) is 13.1 Å². The molecule has 1 aromatic carbocycles. The lowest BCUT2D eigenvalue weighted by atomic mass is 10.2. The van der Waals surface area contributed by atoms with E-state index < -0.39 is 5.97 Å². The summed E-state index contributed by atoms with van der Waals surface area (Å²) in [5.74, 6) is -0.391. The minimum atomic E-state index is -0.391. The molecular weight excluding hydrogens is 190 g/mol. The molecule has 1 rings (SSSR count). The predicted molar refractivity (Wildman–Crippen MR) is 59.8 cm³/mol. The van der Waals surface area contributed by atoms with Crippen molar-refractivity contribution in [3.63, 3.8) is 0 Å². The SMILES string of the molecule is COC(=O)C=C(C)N=Cc1ccccc1. The topological polar surface area (TPSA) is 38.7 Å². The molecule has 0 aliphatic carbocycles. The molecule has 1 aromatic rings. The van der Waals surface area contributed by atoms with Gasteiger partial charge in [-0.3, -0.25) is 4.99 Å². The standard InChI is InChI=1S/C12H13NO2/c1-10(8-12(14)15-2)13-9-11-6-4-3-5-7-11/h3-9H,1-2H3. The average molecular weight is 203 g/mol. The molecule has 3 heteroatoms. The molecule has 0 amide bonds. The van der Waals surface area contributed by atoms with Crippen LogP contribution in [0.5, 0.6) is 0 Å². The Balaban J connectivity index is 2.66. The fourth-order valence-electron chi connectivity index (χ4n) is 0.982. The number of carbonyl (C=O) groups is 1. The summed E-state index contributed by atoms with van der Waals surface area (Å²) in [5, 5.41) is 0. The van der Waals surface area contributed by atoms with Crippen LogP contribution in [0.1, 0.15) is 12.5 Å². The smallest absolute Gasteiger partial charge is 0.332 e. The third-order valence-electron chi connectivity index (χ3n) is 1.74. The number of ether oxygens (including phenoxy) is 1. The number of esters is 1. The van der Waals surface area contributed by atoms with Crippen LogP contribution in [-0.4, -0.2) is 19.3 Å². The van der Waals surface area contributed by atoms with Gasteiger partial charge >= 0.3 is 5.97 Å². The van der Waals surface area contributed by atoms with Crippen LogP contribution in [0.3, 0.4) is 0 Å². The average Bonchev–Trinajstić information content (AvgIpc) is 2.27. The first-order valence-electron chi connectivity index (χ1n) is 4.58. The Morgan fingerprint density at radius 3 is 2.60 bits per heavy atom. The van der Waals surface area contributed by atoms with Crippen molar-refractivity contribution < 1.29 is 9.53 Å². The molecule has 0 saturated heterocycles. The summed E-state index contributed by atoms with van der Waals surface area (Å²) >= 11 is 0. The maximum Gasteiger partial charge on any atom is 0.332 e. The summed E-state index contributed by atoms with van der Waals surface area (Å²) < 4.78 is 4.48. The van der Waals surface area contributed by atoms with Crippen LogP contribution in [0.2, 0.25) is 0 Å². The number of hydrogen-bond donors (Lipinski definition) is 0. The van der Waals surface area contributed by atoms with Crippen molar-refractivity contribution in [1.82, 2.24) is 0 Å². The van der Waals surface area contributed by atoms with Gasteiger partial charge < -0.3 is 4.74 Å². The van der Waals surface area contributed by atoms with Gasteiger partial charge in [0.15, 0.2) is 0 Å². The number of methoxy groups -OCH3 is 1. The number of allylic oxidation sites excluding steroid dienone is 1. The molecule has 0 N–H and O–H groups in total. The Bertz CT molecular complexity index is 380. The molecular formula is C12H13NO2. The summed E-state index contributed by atoms with van der Waals surface area (Å²) in [7, 11) is 1.34. The van der Waals surface area contributed by atoms with Crippen molar-refractivity contribution in [3.05, 3.63) is 47.7 Å². The molecule has 0 unspecified atom stereocenters. The highest BCUT2D eigenvalue weighted by Crippen LogP contribution is 1.98. The Morgan fingerprint density at radius 2 is 2.00 bits per heavy atom. The van der Waals surface area contributed by atoms with Gasteiger partial charge in [0.1, 0.15) is 0 Å². The van der Waals surface area contributed by atoms with Gasteiger partial charge in [0.05, 0.1) is 7.11 Å². The number of carbonyl (C=O) groups excluding carboxylic acids is 1. The second-order valence-electron chi connectivity index (χ2n) is 2.98. The largest absolute Gasteiger partial charge is 0.466 e. The van der Waals surface area contributed by atoms with E-state index in [-0.39, 0.29) is 0 Å². The molecule has 0 bridgehead atoms.